The number of nitrogens with zero attached hydrogens (tertiary/aromatic N) is 3. The first-order chi connectivity index (χ1) is 33.6. The molecule has 9 rings (SSSR count). The number of benzene rings is 4. The summed E-state index contributed by atoms with van der Waals surface area (Å²) in [5.74, 6) is -17.7. The summed E-state index contributed by atoms with van der Waals surface area (Å²) in [4.78, 5) is 4.24. The van der Waals surface area contributed by atoms with Crippen molar-refractivity contribution in [3.05, 3.63) is 148 Å². The van der Waals surface area contributed by atoms with Gasteiger partial charge in [0.15, 0.2) is 23.3 Å². The molecule has 0 fully saturated rings. The molecule has 0 atom stereocenters. The fourth-order valence-electron chi connectivity index (χ4n) is 8.08. The molecule has 0 amide bonds. The average molecular weight is 1080 g/mol. The molecule has 16 nitrogen and oxygen atoms in total. The summed E-state index contributed by atoms with van der Waals surface area (Å²) in [6, 6.07) is 7.25. The largest absolute Gasteiger partial charge is 0.355 e. The van der Waals surface area contributed by atoms with Gasteiger partial charge in [-0.2, -0.15) is 33.7 Å². The number of nitrogens with one attached hydrogen (secondary N) is 1. The van der Waals surface area contributed by atoms with Crippen LogP contribution in [0.15, 0.2) is 98.4 Å². The number of fused-ring (bicyclic) bond motifs is 8. The van der Waals surface area contributed by atoms with Crippen LogP contribution in [0.1, 0.15) is 22.8 Å². The highest BCUT2D eigenvalue weighted by Crippen LogP contribution is 2.52. The van der Waals surface area contributed by atoms with Crippen molar-refractivity contribution in [2.75, 3.05) is 0 Å². The smallest absolute Gasteiger partial charge is 0.297 e. The Kier molecular flexibility index (Phi) is 11.8. The van der Waals surface area contributed by atoms with E-state index in [1.807, 2.05) is 0 Å². The molecule has 0 spiro atoms. The number of hydrogen-bond acceptors (Lipinski definition) is 10. The Morgan fingerprint density at radius 2 is 0.778 bits per heavy atom. The third kappa shape index (κ3) is 8.44. The lowest BCUT2D eigenvalue weighted by atomic mass is 9.91. The van der Waals surface area contributed by atoms with Gasteiger partial charge in [-0.25, -0.2) is 45.1 Å². The van der Waals surface area contributed by atoms with E-state index in [0.717, 1.165) is 18.2 Å². The Bertz CT molecular complexity index is 4340. The maximum atomic E-state index is 17.4. The summed E-state index contributed by atoms with van der Waals surface area (Å²) in [5, 5.41) is 0. The van der Waals surface area contributed by atoms with Gasteiger partial charge in [0.25, 0.3) is 40.5 Å². The van der Waals surface area contributed by atoms with Crippen LogP contribution in [-0.2, 0) is 40.5 Å². The zero-order valence-electron chi connectivity index (χ0n) is 34.9. The summed E-state index contributed by atoms with van der Waals surface area (Å²) in [6.45, 7) is 0. The normalized spacial score (nSPS) is 13.1. The fraction of sp³-hybridized carbons (Fsp3) is 0. The van der Waals surface area contributed by atoms with E-state index in [0.29, 0.717) is 11.6 Å². The molecule has 72 heavy (non-hydrogen) atoms. The standard InChI is InChI=1S/C44H22F8N4O12S4/c45-23-6-11-29(69(57,58)59)39(49)33(23)36-27-10-5-21(55-27)16-20-2-1-18(53-20)15-19-3-4-22(54-19)17-28-37(34-24(46)7-12-30(40(34)50)70(60,61)62)38(35-25(47)8-13-31(41(35)51)71(63,64)65)44(36)56(28)43-26(48)9-14-32(42(43)52)72(66,67)68/h1-17,53H,(H,57,58,59)(H,60,61,62)(H,63,64,65)(H,66,67,68). The zero-order valence-corrected chi connectivity index (χ0v) is 38.1. The molecule has 7 aromatic rings. The molecule has 0 saturated carbocycles. The molecule has 4 aromatic carbocycles. The Morgan fingerprint density at radius 1 is 0.403 bits per heavy atom. The lowest BCUT2D eigenvalue weighted by molar-refractivity contribution is 0.468. The van der Waals surface area contributed by atoms with Crippen molar-refractivity contribution >= 4 is 86.8 Å². The Labute approximate surface area is 398 Å². The minimum absolute atomic E-state index is 0.0107. The van der Waals surface area contributed by atoms with E-state index in [9.17, 15) is 51.9 Å². The maximum absolute atomic E-state index is 17.4. The van der Waals surface area contributed by atoms with Crippen LogP contribution < -0.4 is 0 Å². The molecule has 28 heteroatoms. The summed E-state index contributed by atoms with van der Waals surface area (Å²) in [6.07, 6.45) is 4.20. The first-order valence-electron chi connectivity index (χ1n) is 19.6. The topological polar surface area (TPSA) is 264 Å². The summed E-state index contributed by atoms with van der Waals surface area (Å²) in [5.41, 5.74) is -16.7. The molecule has 370 valence electrons. The molecule has 0 aliphatic carbocycles. The van der Waals surface area contributed by atoms with Gasteiger partial charge in [0.05, 0.1) is 50.5 Å². The second kappa shape index (κ2) is 17.1. The van der Waals surface area contributed by atoms with Crippen molar-refractivity contribution in [1.82, 2.24) is 19.5 Å². The van der Waals surface area contributed by atoms with Gasteiger partial charge < -0.3 is 9.55 Å². The second-order valence-electron chi connectivity index (χ2n) is 15.4. The van der Waals surface area contributed by atoms with E-state index < -0.39 is 168 Å². The van der Waals surface area contributed by atoms with Crippen molar-refractivity contribution in [3.8, 4) is 39.1 Å². The van der Waals surface area contributed by atoms with Gasteiger partial charge in [-0.1, -0.05) is 0 Å². The summed E-state index contributed by atoms with van der Waals surface area (Å²) < 4.78 is 279. The second-order valence-corrected chi connectivity index (χ2v) is 20.9. The van der Waals surface area contributed by atoms with Crippen LogP contribution in [0.5, 0.6) is 0 Å². The Hall–Kier alpha value is -7.44. The van der Waals surface area contributed by atoms with Gasteiger partial charge in [-0.15, -0.1) is 0 Å². The number of rotatable bonds is 8. The van der Waals surface area contributed by atoms with Gasteiger partial charge in [0.1, 0.15) is 48.5 Å². The predicted molar refractivity (Wildman–Crippen MR) is 239 cm³/mol. The van der Waals surface area contributed by atoms with Gasteiger partial charge in [0.2, 0.25) is 0 Å². The predicted octanol–water partition coefficient (Wildman–Crippen LogP) is 9.22. The van der Waals surface area contributed by atoms with Crippen molar-refractivity contribution in [3.63, 3.8) is 0 Å². The maximum Gasteiger partial charge on any atom is 0.297 e. The van der Waals surface area contributed by atoms with Crippen LogP contribution in [0.25, 0.3) is 85.4 Å². The van der Waals surface area contributed by atoms with E-state index in [2.05, 4.69) is 15.0 Å². The first-order valence-corrected chi connectivity index (χ1v) is 25.3. The van der Waals surface area contributed by atoms with E-state index in [1.165, 1.54) is 30.3 Å². The van der Waals surface area contributed by atoms with Crippen molar-refractivity contribution in [2.24, 2.45) is 0 Å². The minimum Gasteiger partial charge on any atom is -0.355 e. The molecule has 0 radical (unpaired) electrons. The van der Waals surface area contributed by atoms with Crippen LogP contribution in [-0.4, -0.2) is 71.4 Å². The van der Waals surface area contributed by atoms with Gasteiger partial charge in [-0.3, -0.25) is 18.2 Å². The van der Waals surface area contributed by atoms with Crippen LogP contribution in [0.2, 0.25) is 0 Å². The highest BCUT2D eigenvalue weighted by Gasteiger charge is 2.38. The molecule has 3 aromatic heterocycles. The van der Waals surface area contributed by atoms with E-state index in [4.69, 9.17) is 0 Å². The Morgan fingerprint density at radius 3 is 1.24 bits per heavy atom. The molecular formula is C44H22F8N4O12S4. The molecular weight excluding hydrogens is 1060 g/mol. The lowest BCUT2D eigenvalue weighted by Gasteiger charge is -2.17. The molecule has 8 bridgehead atoms. The number of H-pyrrole nitrogens is 1. The third-order valence-corrected chi connectivity index (χ3v) is 14.4. The van der Waals surface area contributed by atoms with Crippen molar-refractivity contribution in [1.29, 1.82) is 0 Å². The highest BCUT2D eigenvalue weighted by atomic mass is 32.2. The molecule has 0 unspecified atom stereocenters. The van der Waals surface area contributed by atoms with Crippen LogP contribution in [0, 0.1) is 46.5 Å². The third-order valence-electron chi connectivity index (χ3n) is 11.0. The molecule has 5 N–H and O–H groups in total. The number of aromatic nitrogens is 4. The number of aromatic amines is 1. The fourth-order valence-corrected chi connectivity index (χ4v) is 10.4. The SMILES string of the molecule is O=S(=O)(O)c1ccc(F)c(-c2c(-c3c(F)ccc(S(=O)(=O)O)c3F)c3c(-c4c(F)ccc(S(=O)(=O)O)c4F)c4nc(cc5ccc(cc6nc(cc2n3-c2c(F)ccc(S(=O)(=O)O)c2F)C=C6)[nH]5)C=C4)c1F. The zero-order chi connectivity index (χ0) is 52.3. The monoisotopic (exact) mass is 1080 g/mol. The van der Waals surface area contributed by atoms with Crippen LogP contribution >= 0.6 is 0 Å². The Balaban J connectivity index is 1.80. The van der Waals surface area contributed by atoms with Gasteiger partial charge >= 0.3 is 0 Å². The lowest BCUT2D eigenvalue weighted by Crippen LogP contribution is -2.10. The molecule has 2 aliphatic rings. The van der Waals surface area contributed by atoms with Gasteiger partial charge in [-0.05, 0) is 103 Å². The molecule has 0 saturated heterocycles. The van der Waals surface area contributed by atoms with E-state index >= 15 is 35.1 Å². The molecule has 5 heterocycles. The van der Waals surface area contributed by atoms with E-state index in [1.54, 1.807) is 0 Å². The number of hydrogen-bond donors (Lipinski definition) is 5. The quantitative estimate of drug-likeness (QED) is 0.0702. The van der Waals surface area contributed by atoms with Crippen LogP contribution in [0.3, 0.4) is 0 Å². The van der Waals surface area contributed by atoms with Crippen molar-refractivity contribution < 1.29 is 87.0 Å². The first kappa shape index (κ1) is 49.5. The summed E-state index contributed by atoms with van der Waals surface area (Å²) >= 11 is 0. The minimum atomic E-state index is -5.91. The average Bonchev–Trinajstić information content (AvgIpc) is 4.06. The number of halogens is 8. The highest BCUT2D eigenvalue weighted by molar-refractivity contribution is 7.86. The molecule has 2 aliphatic heterocycles. The van der Waals surface area contributed by atoms with E-state index in [-0.39, 0.29) is 70.0 Å². The van der Waals surface area contributed by atoms with Gasteiger partial charge in [0, 0.05) is 27.7 Å². The van der Waals surface area contributed by atoms with Crippen molar-refractivity contribution in [2.45, 2.75) is 19.6 Å². The summed E-state index contributed by atoms with van der Waals surface area (Å²) in [7, 11) is -23.5. The van der Waals surface area contributed by atoms with Crippen LogP contribution in [0.4, 0.5) is 35.1 Å².